The third-order valence-corrected chi connectivity index (χ3v) is 9.55. The molecule has 1 aliphatic carbocycles. The molecule has 12 nitrogen and oxygen atoms in total. The van der Waals surface area contributed by atoms with Crippen LogP contribution in [0.3, 0.4) is 0 Å². The second kappa shape index (κ2) is 14.8. The molecule has 0 unspecified atom stereocenters. The third-order valence-electron chi connectivity index (χ3n) is 9.55. The summed E-state index contributed by atoms with van der Waals surface area (Å²) in [6.45, 7) is 4.89. The summed E-state index contributed by atoms with van der Waals surface area (Å²) in [7, 11) is 3.30. The second-order valence-corrected chi connectivity index (χ2v) is 12.9. The number of ether oxygens (including phenoxy) is 4. The topological polar surface area (TPSA) is 119 Å². The van der Waals surface area contributed by atoms with Gasteiger partial charge in [0, 0.05) is 30.8 Å². The average molecular weight is 698 g/mol. The summed E-state index contributed by atoms with van der Waals surface area (Å²) in [5, 5.41) is 18.8. The number of aromatic nitrogens is 6. The minimum absolute atomic E-state index is 0.200. The average Bonchev–Trinajstić information content (AvgIpc) is 3.92. The first-order chi connectivity index (χ1) is 25.5. The molecule has 8 rings (SSSR count). The van der Waals surface area contributed by atoms with E-state index in [0.29, 0.717) is 38.5 Å². The molecule has 52 heavy (non-hydrogen) atoms. The first kappa shape index (κ1) is 33.3. The molecule has 2 aromatic heterocycles. The van der Waals surface area contributed by atoms with Gasteiger partial charge >= 0.3 is 5.97 Å². The normalized spacial score (nSPS) is 13.8. The van der Waals surface area contributed by atoms with Crippen molar-refractivity contribution in [3.05, 3.63) is 119 Å². The highest BCUT2D eigenvalue weighted by molar-refractivity contribution is 5.94. The Morgan fingerprint density at radius 3 is 2.00 bits per heavy atom. The van der Waals surface area contributed by atoms with Crippen LogP contribution in [0.2, 0.25) is 0 Å². The number of methoxy groups -OCH3 is 2. The van der Waals surface area contributed by atoms with Gasteiger partial charge in [-0.2, -0.15) is 24.9 Å². The Labute approximate surface area is 301 Å². The molecule has 3 heterocycles. The van der Waals surface area contributed by atoms with Crippen molar-refractivity contribution in [3.63, 3.8) is 0 Å². The van der Waals surface area contributed by atoms with E-state index in [-0.39, 0.29) is 12.3 Å². The molecule has 2 aliphatic rings. The standard InChI is InChI=1S/C40H39N7O5/c1-49-33-9-3-27(4-10-33)25-46-41-24-37(42-46)29-7-13-35-31(21-29)23-32-22-30(8-14-36(32)35)38-39(40(48)52-20-17-45-15-18-51-19-16-45)44-47(43-38)26-28-5-11-34(50-2)12-6-28/h3-14,21-22,24H,15-20,23,25-26H2,1-2H3. The fourth-order valence-corrected chi connectivity index (χ4v) is 6.72. The van der Waals surface area contributed by atoms with Crippen molar-refractivity contribution >= 4 is 5.97 Å². The van der Waals surface area contributed by atoms with Gasteiger partial charge in [-0.25, -0.2) is 4.79 Å². The van der Waals surface area contributed by atoms with Gasteiger partial charge in [0.2, 0.25) is 0 Å². The molecule has 0 radical (unpaired) electrons. The Hall–Kier alpha value is -5.85. The molecule has 0 spiro atoms. The maximum Gasteiger partial charge on any atom is 0.361 e. The van der Waals surface area contributed by atoms with Crippen LogP contribution in [0.1, 0.15) is 32.7 Å². The largest absolute Gasteiger partial charge is 0.497 e. The van der Waals surface area contributed by atoms with E-state index in [4.69, 9.17) is 29.1 Å². The molecule has 4 aromatic carbocycles. The van der Waals surface area contributed by atoms with Crippen molar-refractivity contribution in [3.8, 4) is 45.1 Å². The monoisotopic (exact) mass is 697 g/mol. The Morgan fingerprint density at radius 1 is 0.731 bits per heavy atom. The molecule has 1 aliphatic heterocycles. The molecule has 264 valence electrons. The van der Waals surface area contributed by atoms with Crippen LogP contribution in [0.25, 0.3) is 33.6 Å². The number of rotatable bonds is 12. The number of benzene rings is 4. The highest BCUT2D eigenvalue weighted by Crippen LogP contribution is 2.40. The Balaban J connectivity index is 1.02. The molecule has 0 bridgehead atoms. The van der Waals surface area contributed by atoms with E-state index in [9.17, 15) is 4.79 Å². The Kier molecular flexibility index (Phi) is 9.47. The van der Waals surface area contributed by atoms with Gasteiger partial charge in [0.25, 0.3) is 0 Å². The van der Waals surface area contributed by atoms with E-state index < -0.39 is 5.97 Å². The van der Waals surface area contributed by atoms with Crippen molar-refractivity contribution in [2.45, 2.75) is 19.5 Å². The predicted molar refractivity (Wildman–Crippen MR) is 194 cm³/mol. The Bertz CT molecular complexity index is 2190. The van der Waals surface area contributed by atoms with E-state index in [1.807, 2.05) is 60.8 Å². The van der Waals surface area contributed by atoms with Crippen LogP contribution >= 0.6 is 0 Å². The number of morpholine rings is 1. The number of fused-ring (bicyclic) bond motifs is 3. The smallest absolute Gasteiger partial charge is 0.361 e. The molecule has 0 amide bonds. The van der Waals surface area contributed by atoms with Gasteiger partial charge in [-0.15, -0.1) is 5.10 Å². The molecule has 1 saturated heterocycles. The number of hydrogen-bond acceptors (Lipinski definition) is 10. The lowest BCUT2D eigenvalue weighted by atomic mass is 10.0. The summed E-state index contributed by atoms with van der Waals surface area (Å²) in [5.74, 6) is 1.10. The van der Waals surface area contributed by atoms with Crippen molar-refractivity contribution < 1.29 is 23.7 Å². The summed E-state index contributed by atoms with van der Waals surface area (Å²) < 4.78 is 21.8. The van der Waals surface area contributed by atoms with E-state index in [0.717, 1.165) is 70.1 Å². The fourth-order valence-electron chi connectivity index (χ4n) is 6.72. The summed E-state index contributed by atoms with van der Waals surface area (Å²) >= 11 is 0. The number of esters is 1. The van der Waals surface area contributed by atoms with Crippen molar-refractivity contribution in [2.75, 3.05) is 53.7 Å². The van der Waals surface area contributed by atoms with Crippen LogP contribution in [-0.4, -0.2) is 94.5 Å². The first-order valence-electron chi connectivity index (χ1n) is 17.4. The maximum absolute atomic E-state index is 13.5. The van der Waals surface area contributed by atoms with Gasteiger partial charge < -0.3 is 18.9 Å². The Morgan fingerprint density at radius 2 is 1.35 bits per heavy atom. The molecular formula is C40H39N7O5. The van der Waals surface area contributed by atoms with E-state index in [1.165, 1.54) is 11.1 Å². The highest BCUT2D eigenvalue weighted by Gasteiger charge is 2.25. The van der Waals surface area contributed by atoms with Gasteiger partial charge in [0.05, 0.1) is 46.7 Å². The van der Waals surface area contributed by atoms with Crippen LogP contribution in [0.15, 0.2) is 91.1 Å². The number of nitrogens with zero attached hydrogens (tertiary/aromatic N) is 7. The highest BCUT2D eigenvalue weighted by atomic mass is 16.5. The summed E-state index contributed by atoms with van der Waals surface area (Å²) in [6.07, 6.45) is 2.55. The second-order valence-electron chi connectivity index (χ2n) is 12.9. The minimum atomic E-state index is -0.488. The summed E-state index contributed by atoms with van der Waals surface area (Å²) in [5.41, 5.74) is 10.1. The molecule has 12 heteroatoms. The van der Waals surface area contributed by atoms with E-state index in [1.54, 1.807) is 23.8 Å². The quantitative estimate of drug-likeness (QED) is 0.154. The van der Waals surface area contributed by atoms with Crippen molar-refractivity contribution in [1.82, 2.24) is 34.9 Å². The van der Waals surface area contributed by atoms with Gasteiger partial charge in [0.15, 0.2) is 5.69 Å². The number of carbonyl (C=O) groups is 1. The van der Waals surface area contributed by atoms with Gasteiger partial charge in [-0.05, 0) is 76.2 Å². The lowest BCUT2D eigenvalue weighted by Gasteiger charge is -2.26. The maximum atomic E-state index is 13.5. The van der Waals surface area contributed by atoms with Gasteiger partial charge in [0.1, 0.15) is 29.5 Å². The van der Waals surface area contributed by atoms with Crippen LogP contribution in [-0.2, 0) is 29.0 Å². The minimum Gasteiger partial charge on any atom is -0.497 e. The number of carbonyl (C=O) groups excluding carboxylic acids is 1. The first-order valence-corrected chi connectivity index (χ1v) is 17.4. The van der Waals surface area contributed by atoms with Crippen molar-refractivity contribution in [2.24, 2.45) is 0 Å². The van der Waals surface area contributed by atoms with E-state index >= 15 is 0 Å². The molecular weight excluding hydrogens is 658 g/mol. The summed E-state index contributed by atoms with van der Waals surface area (Å²) in [4.78, 5) is 19.0. The van der Waals surface area contributed by atoms with Crippen molar-refractivity contribution in [1.29, 1.82) is 0 Å². The number of hydrogen-bond donors (Lipinski definition) is 0. The molecule has 1 fully saturated rings. The molecule has 0 atom stereocenters. The zero-order valence-corrected chi connectivity index (χ0v) is 29.2. The third kappa shape index (κ3) is 7.16. The molecule has 6 aromatic rings. The SMILES string of the molecule is COc1ccc(Cn2ncc(-c3ccc4c(c3)Cc3cc(-c5nn(Cc6ccc(OC)cc6)nc5C(=O)OCCN5CCOCC5)ccc3-4)n2)cc1. The lowest BCUT2D eigenvalue weighted by Crippen LogP contribution is -2.38. The zero-order chi connectivity index (χ0) is 35.4. The predicted octanol–water partition coefficient (Wildman–Crippen LogP) is 5.38. The summed E-state index contributed by atoms with van der Waals surface area (Å²) in [6, 6.07) is 28.3. The lowest BCUT2D eigenvalue weighted by molar-refractivity contribution is 0.0193. The van der Waals surface area contributed by atoms with Gasteiger partial charge in [-0.3, -0.25) is 4.90 Å². The van der Waals surface area contributed by atoms with Crippen LogP contribution in [0, 0.1) is 0 Å². The van der Waals surface area contributed by atoms with Crippen LogP contribution < -0.4 is 9.47 Å². The van der Waals surface area contributed by atoms with E-state index in [2.05, 4.69) is 45.4 Å². The molecule has 0 N–H and O–H groups in total. The van der Waals surface area contributed by atoms with Crippen LogP contribution in [0.5, 0.6) is 11.5 Å². The molecule has 0 saturated carbocycles. The zero-order valence-electron chi connectivity index (χ0n) is 29.2. The fraction of sp³-hybridized carbons (Fsp3) is 0.275. The van der Waals surface area contributed by atoms with Gasteiger partial charge in [-0.1, -0.05) is 48.5 Å². The van der Waals surface area contributed by atoms with Crippen LogP contribution in [0.4, 0.5) is 0 Å².